The summed E-state index contributed by atoms with van der Waals surface area (Å²) in [7, 11) is 0. The zero-order valence-electron chi connectivity index (χ0n) is 15.9. The van der Waals surface area contributed by atoms with Gasteiger partial charge in [-0.25, -0.2) is 9.59 Å². The number of esters is 2. The fraction of sp³-hybridized carbons (Fsp3) is 0.375. The van der Waals surface area contributed by atoms with E-state index in [1.54, 1.807) is 48.5 Å². The third-order valence-electron chi connectivity index (χ3n) is 6.79. The van der Waals surface area contributed by atoms with Gasteiger partial charge in [0.2, 0.25) is 0 Å². The molecule has 0 N–H and O–H groups in total. The molecule has 0 heterocycles. The van der Waals surface area contributed by atoms with Crippen molar-refractivity contribution in [3.05, 3.63) is 71.8 Å². The second-order valence-corrected chi connectivity index (χ2v) is 8.23. The Kier molecular flexibility index (Phi) is 4.46. The summed E-state index contributed by atoms with van der Waals surface area (Å²) in [6.07, 6.45) is 1.08. The zero-order chi connectivity index (χ0) is 20.0. The normalized spacial score (nSPS) is 32.1. The van der Waals surface area contributed by atoms with Crippen LogP contribution in [0.5, 0.6) is 0 Å². The van der Waals surface area contributed by atoms with Gasteiger partial charge >= 0.3 is 11.9 Å². The number of carbonyl (C=O) groups is 3. The number of Topliss-reactive ketones (excluding diaryl/α,β-unsaturated/α-hetero) is 1. The van der Waals surface area contributed by atoms with Gasteiger partial charge in [0, 0.05) is 24.2 Å². The molecule has 2 aromatic carbocycles. The average Bonchev–Trinajstić information content (AvgIpc) is 3.42. The number of fused-ring (bicyclic) bond motifs is 5. The topological polar surface area (TPSA) is 69.7 Å². The fourth-order valence-electron chi connectivity index (χ4n) is 5.61. The Balaban J connectivity index is 1.41. The largest absolute Gasteiger partial charge is 0.455 e. The smallest absolute Gasteiger partial charge is 0.338 e. The minimum atomic E-state index is -0.580. The van der Waals surface area contributed by atoms with Gasteiger partial charge in [0.05, 0.1) is 11.1 Å². The lowest BCUT2D eigenvalue weighted by atomic mass is 9.78. The van der Waals surface area contributed by atoms with E-state index in [4.69, 9.17) is 9.47 Å². The first-order valence-electron chi connectivity index (χ1n) is 10.2. The van der Waals surface area contributed by atoms with E-state index in [0.717, 1.165) is 12.8 Å². The first-order valence-corrected chi connectivity index (χ1v) is 10.2. The molecular formula is C24H22O5. The van der Waals surface area contributed by atoms with Gasteiger partial charge in [0.1, 0.15) is 18.0 Å². The van der Waals surface area contributed by atoms with Crippen molar-refractivity contribution in [1.82, 2.24) is 0 Å². The SMILES string of the molecule is O=C(OC1C2CC(C1OC(=O)c1ccccc1)C1C(=O)CCC21)c1ccccc1. The van der Waals surface area contributed by atoms with Crippen molar-refractivity contribution in [2.45, 2.75) is 31.5 Å². The van der Waals surface area contributed by atoms with Crippen molar-refractivity contribution >= 4 is 17.7 Å². The molecule has 2 bridgehead atoms. The molecule has 6 unspecified atom stereocenters. The maximum Gasteiger partial charge on any atom is 0.338 e. The van der Waals surface area contributed by atoms with Crippen LogP contribution in [0.15, 0.2) is 60.7 Å². The van der Waals surface area contributed by atoms with Crippen molar-refractivity contribution in [1.29, 1.82) is 0 Å². The van der Waals surface area contributed by atoms with E-state index in [1.807, 2.05) is 12.1 Å². The third kappa shape index (κ3) is 3.05. The second kappa shape index (κ2) is 7.14. The highest BCUT2D eigenvalue weighted by molar-refractivity contribution is 5.91. The van der Waals surface area contributed by atoms with E-state index in [1.165, 1.54) is 0 Å². The molecule has 5 rings (SSSR count). The molecule has 0 aliphatic heterocycles. The standard InChI is InChI=1S/C24H22O5/c25-19-12-11-16-17-13-18(20(16)19)22(29-24(27)15-9-5-2-6-10-15)21(17)28-23(26)14-7-3-1-4-8-14/h1-10,16-18,20-22H,11-13H2. The van der Waals surface area contributed by atoms with Crippen LogP contribution < -0.4 is 0 Å². The van der Waals surface area contributed by atoms with Gasteiger partial charge in [-0.2, -0.15) is 0 Å². The summed E-state index contributed by atoms with van der Waals surface area (Å²) in [5.41, 5.74) is 0.931. The van der Waals surface area contributed by atoms with E-state index in [0.29, 0.717) is 17.5 Å². The van der Waals surface area contributed by atoms with Crippen LogP contribution >= 0.6 is 0 Å². The molecule has 148 valence electrons. The maximum absolute atomic E-state index is 12.7. The summed E-state index contributed by atoms with van der Waals surface area (Å²) in [5, 5.41) is 0. The average molecular weight is 390 g/mol. The Morgan fingerprint density at radius 2 is 1.24 bits per heavy atom. The van der Waals surface area contributed by atoms with Gasteiger partial charge in [-0.1, -0.05) is 36.4 Å². The van der Waals surface area contributed by atoms with Crippen molar-refractivity contribution in [3.63, 3.8) is 0 Å². The van der Waals surface area contributed by atoms with Crippen LogP contribution in [0.2, 0.25) is 0 Å². The maximum atomic E-state index is 12.7. The molecule has 3 aliphatic rings. The number of hydrogen-bond donors (Lipinski definition) is 0. The third-order valence-corrected chi connectivity index (χ3v) is 6.79. The van der Waals surface area contributed by atoms with Crippen molar-refractivity contribution in [2.24, 2.45) is 23.7 Å². The van der Waals surface area contributed by atoms with Gasteiger partial charge in [-0.3, -0.25) is 4.79 Å². The first-order chi connectivity index (χ1) is 14.1. The van der Waals surface area contributed by atoms with Gasteiger partial charge in [-0.05, 0) is 43.0 Å². The van der Waals surface area contributed by atoms with E-state index < -0.39 is 24.1 Å². The Hall–Kier alpha value is -2.95. The summed E-state index contributed by atoms with van der Waals surface area (Å²) in [4.78, 5) is 37.9. The van der Waals surface area contributed by atoms with E-state index in [2.05, 4.69) is 0 Å². The van der Waals surface area contributed by atoms with Crippen molar-refractivity contribution in [2.75, 3.05) is 0 Å². The Labute approximate surface area is 169 Å². The van der Waals surface area contributed by atoms with Crippen molar-refractivity contribution in [3.8, 4) is 0 Å². The lowest BCUT2D eigenvalue weighted by Gasteiger charge is -2.36. The molecule has 3 fully saturated rings. The lowest BCUT2D eigenvalue weighted by molar-refractivity contribution is -0.127. The molecule has 0 saturated heterocycles. The lowest BCUT2D eigenvalue weighted by Crippen LogP contribution is -2.46. The molecular weight excluding hydrogens is 368 g/mol. The van der Waals surface area contributed by atoms with Gasteiger partial charge in [0.15, 0.2) is 0 Å². The second-order valence-electron chi connectivity index (χ2n) is 8.23. The van der Waals surface area contributed by atoms with Crippen LogP contribution in [0.25, 0.3) is 0 Å². The molecule has 0 radical (unpaired) electrons. The first kappa shape index (κ1) is 18.1. The van der Waals surface area contributed by atoms with Crippen LogP contribution in [0.3, 0.4) is 0 Å². The minimum absolute atomic E-state index is 0.0673. The molecule has 6 atom stereocenters. The summed E-state index contributed by atoms with van der Waals surface area (Å²) in [6, 6.07) is 17.6. The fourth-order valence-corrected chi connectivity index (χ4v) is 5.61. The molecule has 3 saturated carbocycles. The van der Waals surface area contributed by atoms with E-state index in [-0.39, 0.29) is 29.5 Å². The van der Waals surface area contributed by atoms with E-state index in [9.17, 15) is 14.4 Å². The number of benzene rings is 2. The predicted octanol–water partition coefficient (Wildman–Crippen LogP) is 3.68. The van der Waals surface area contributed by atoms with Gasteiger partial charge in [-0.15, -0.1) is 0 Å². The Morgan fingerprint density at radius 1 is 0.724 bits per heavy atom. The molecule has 0 aromatic heterocycles. The van der Waals surface area contributed by atoms with Crippen LogP contribution in [-0.4, -0.2) is 29.9 Å². The molecule has 29 heavy (non-hydrogen) atoms. The number of carbonyl (C=O) groups excluding carboxylic acids is 3. The minimum Gasteiger partial charge on any atom is -0.455 e. The Bertz CT molecular complexity index is 938. The highest BCUT2D eigenvalue weighted by Crippen LogP contribution is 2.59. The molecule has 0 spiro atoms. The highest BCUT2D eigenvalue weighted by Gasteiger charge is 2.64. The summed E-state index contributed by atoms with van der Waals surface area (Å²) >= 11 is 0. The monoisotopic (exact) mass is 390 g/mol. The highest BCUT2D eigenvalue weighted by atomic mass is 16.6. The molecule has 5 heteroatoms. The van der Waals surface area contributed by atoms with Crippen LogP contribution in [0.4, 0.5) is 0 Å². The van der Waals surface area contributed by atoms with Crippen molar-refractivity contribution < 1.29 is 23.9 Å². The number of hydrogen-bond acceptors (Lipinski definition) is 5. The van der Waals surface area contributed by atoms with Crippen LogP contribution in [-0.2, 0) is 14.3 Å². The molecule has 5 nitrogen and oxygen atoms in total. The summed E-state index contributed by atoms with van der Waals surface area (Å²) < 4.78 is 11.8. The number of ketones is 1. The summed E-state index contributed by atoms with van der Waals surface area (Å²) in [5.74, 6) is -0.432. The molecule has 2 aromatic rings. The van der Waals surface area contributed by atoms with Gasteiger partial charge < -0.3 is 9.47 Å². The van der Waals surface area contributed by atoms with Crippen LogP contribution in [0.1, 0.15) is 40.0 Å². The number of ether oxygens (including phenoxy) is 2. The number of rotatable bonds is 4. The zero-order valence-corrected chi connectivity index (χ0v) is 15.9. The molecule has 3 aliphatic carbocycles. The summed E-state index contributed by atoms with van der Waals surface area (Å²) in [6.45, 7) is 0. The van der Waals surface area contributed by atoms with Crippen LogP contribution in [0, 0.1) is 23.7 Å². The predicted molar refractivity (Wildman–Crippen MR) is 104 cm³/mol. The quantitative estimate of drug-likeness (QED) is 0.745. The Morgan fingerprint density at radius 3 is 1.79 bits per heavy atom. The van der Waals surface area contributed by atoms with E-state index >= 15 is 0 Å². The van der Waals surface area contributed by atoms with Gasteiger partial charge in [0.25, 0.3) is 0 Å². The molecule has 0 amide bonds.